The summed E-state index contributed by atoms with van der Waals surface area (Å²) in [4.78, 5) is 18.4. The van der Waals surface area contributed by atoms with Crippen molar-refractivity contribution < 1.29 is 4.74 Å². The normalized spacial score (nSPS) is 19.5. The number of nitrogens with zero attached hydrogens (tertiary/aromatic N) is 7. The van der Waals surface area contributed by atoms with Gasteiger partial charge >= 0.3 is 0 Å². The molecule has 0 spiro atoms. The molecule has 0 unspecified atom stereocenters. The van der Waals surface area contributed by atoms with E-state index < -0.39 is 0 Å². The molecule has 172 valence electrons. The minimum atomic E-state index is 0.567. The fourth-order valence-electron chi connectivity index (χ4n) is 4.70. The van der Waals surface area contributed by atoms with Crippen LogP contribution in [-0.4, -0.2) is 75.1 Å². The minimum absolute atomic E-state index is 0.567. The van der Waals surface area contributed by atoms with E-state index in [-0.39, 0.29) is 0 Å². The molecule has 0 bridgehead atoms. The van der Waals surface area contributed by atoms with Crippen molar-refractivity contribution in [2.75, 3.05) is 49.6 Å². The zero-order chi connectivity index (χ0) is 22.4. The van der Waals surface area contributed by atoms with Gasteiger partial charge < -0.3 is 15.0 Å². The van der Waals surface area contributed by atoms with Crippen molar-refractivity contribution in [1.29, 1.82) is 0 Å². The van der Waals surface area contributed by atoms with Crippen LogP contribution in [0.15, 0.2) is 30.6 Å². The highest BCUT2D eigenvalue weighted by atomic mass is 16.5. The maximum Gasteiger partial charge on any atom is 0.247 e. The van der Waals surface area contributed by atoms with Crippen LogP contribution >= 0.6 is 0 Å². The Morgan fingerprint density at radius 3 is 2.48 bits per heavy atom. The Bertz CT molecular complexity index is 1120. The first-order valence-electron chi connectivity index (χ1n) is 11.8. The van der Waals surface area contributed by atoms with E-state index in [1.54, 1.807) is 11.0 Å². The molecule has 9 nitrogen and oxygen atoms in total. The van der Waals surface area contributed by atoms with Crippen molar-refractivity contribution in [2.24, 2.45) is 0 Å². The number of anilines is 3. The van der Waals surface area contributed by atoms with Crippen LogP contribution in [0.4, 0.5) is 17.3 Å². The maximum absolute atomic E-state index is 5.38. The van der Waals surface area contributed by atoms with Crippen LogP contribution in [-0.2, 0) is 4.74 Å². The number of piperazine rings is 1. The molecule has 0 amide bonds. The fraction of sp³-hybridized carbons (Fsp3) is 0.500. The fourth-order valence-corrected chi connectivity index (χ4v) is 4.70. The van der Waals surface area contributed by atoms with E-state index in [2.05, 4.69) is 53.4 Å². The number of aryl methyl sites for hydroxylation is 2. The van der Waals surface area contributed by atoms with Crippen LogP contribution < -0.4 is 10.2 Å². The Labute approximate surface area is 193 Å². The average molecular weight is 447 g/mol. The number of benzene rings is 1. The van der Waals surface area contributed by atoms with Gasteiger partial charge in [0.05, 0.1) is 19.3 Å². The van der Waals surface area contributed by atoms with E-state index in [9.17, 15) is 0 Å². The van der Waals surface area contributed by atoms with Gasteiger partial charge in [-0.05, 0) is 56.4 Å². The van der Waals surface area contributed by atoms with Crippen LogP contribution in [0.25, 0.3) is 5.82 Å². The van der Waals surface area contributed by atoms with Crippen LogP contribution in [0.1, 0.15) is 35.8 Å². The lowest BCUT2D eigenvalue weighted by Crippen LogP contribution is -2.56. The number of ether oxygens (including phenoxy) is 1. The molecule has 3 aromatic rings. The molecule has 0 radical (unpaired) electrons. The zero-order valence-corrected chi connectivity index (χ0v) is 19.2. The lowest BCUT2D eigenvalue weighted by Gasteiger charge is -2.43. The van der Waals surface area contributed by atoms with E-state index in [4.69, 9.17) is 4.74 Å². The smallest absolute Gasteiger partial charge is 0.247 e. The third kappa shape index (κ3) is 4.43. The summed E-state index contributed by atoms with van der Waals surface area (Å²) in [6.07, 6.45) is 4.24. The van der Waals surface area contributed by atoms with Crippen molar-refractivity contribution in [3.8, 4) is 5.82 Å². The monoisotopic (exact) mass is 446 g/mol. The molecule has 3 aliphatic rings. The van der Waals surface area contributed by atoms with Crippen molar-refractivity contribution in [3.63, 3.8) is 0 Å². The predicted octanol–water partition coefficient (Wildman–Crippen LogP) is 2.82. The Balaban J connectivity index is 1.21. The molecule has 1 saturated carbocycles. The number of rotatable bonds is 6. The highest BCUT2D eigenvalue weighted by molar-refractivity contribution is 5.65. The van der Waals surface area contributed by atoms with Crippen LogP contribution in [0.3, 0.4) is 0 Å². The molecule has 3 fully saturated rings. The molecule has 1 N–H and O–H groups in total. The Hall–Kier alpha value is -3.04. The lowest BCUT2D eigenvalue weighted by molar-refractivity contribution is -0.0660. The maximum atomic E-state index is 5.38. The topological polar surface area (TPSA) is 84.2 Å². The quantitative estimate of drug-likeness (QED) is 0.619. The summed E-state index contributed by atoms with van der Waals surface area (Å²) < 4.78 is 7.07. The van der Waals surface area contributed by atoms with Gasteiger partial charge in [-0.2, -0.15) is 4.98 Å². The Morgan fingerprint density at radius 1 is 0.970 bits per heavy atom. The summed E-state index contributed by atoms with van der Waals surface area (Å²) in [6, 6.07) is 9.39. The molecule has 33 heavy (non-hydrogen) atoms. The second-order valence-electron chi connectivity index (χ2n) is 9.35. The second kappa shape index (κ2) is 8.39. The van der Waals surface area contributed by atoms with Gasteiger partial charge in [-0.25, -0.2) is 14.6 Å². The highest BCUT2D eigenvalue weighted by Crippen LogP contribution is 2.42. The number of aromatic nitrogens is 5. The van der Waals surface area contributed by atoms with Crippen LogP contribution in [0.5, 0.6) is 0 Å². The first kappa shape index (κ1) is 20.6. The van der Waals surface area contributed by atoms with Gasteiger partial charge in [-0.3, -0.25) is 4.90 Å². The van der Waals surface area contributed by atoms with E-state index in [0.717, 1.165) is 62.4 Å². The summed E-state index contributed by atoms with van der Waals surface area (Å²) >= 11 is 0. The minimum Gasteiger partial charge on any atom is -0.378 e. The summed E-state index contributed by atoms with van der Waals surface area (Å²) in [6.45, 7) is 9.89. The molecular weight excluding hydrogens is 416 g/mol. The summed E-state index contributed by atoms with van der Waals surface area (Å²) in [5.41, 5.74) is 4.64. The van der Waals surface area contributed by atoms with Gasteiger partial charge in [-0.1, -0.05) is 0 Å². The van der Waals surface area contributed by atoms with Crippen molar-refractivity contribution >= 4 is 17.3 Å². The molecule has 9 heteroatoms. The third-order valence-electron chi connectivity index (χ3n) is 6.74. The number of hydrogen-bond acceptors (Lipinski definition) is 8. The van der Waals surface area contributed by atoms with Crippen LogP contribution in [0, 0.1) is 13.8 Å². The molecule has 2 aliphatic heterocycles. The molecule has 0 atom stereocenters. The summed E-state index contributed by atoms with van der Waals surface area (Å²) in [5, 5.41) is 8.04. The number of nitrogens with one attached hydrogen (secondary N) is 1. The molecular formula is C24H30N8O. The second-order valence-corrected chi connectivity index (χ2v) is 9.35. The first-order chi connectivity index (χ1) is 16.1. The predicted molar refractivity (Wildman–Crippen MR) is 127 cm³/mol. The molecule has 1 aromatic carbocycles. The molecule has 6 rings (SSSR count). The van der Waals surface area contributed by atoms with Gasteiger partial charge in [0.2, 0.25) is 5.95 Å². The Morgan fingerprint density at radius 2 is 1.79 bits per heavy atom. The van der Waals surface area contributed by atoms with E-state index in [1.807, 2.05) is 19.9 Å². The molecule has 2 aromatic heterocycles. The molecule has 4 heterocycles. The van der Waals surface area contributed by atoms with E-state index in [0.29, 0.717) is 17.9 Å². The van der Waals surface area contributed by atoms with Gasteiger partial charge in [0.25, 0.3) is 0 Å². The summed E-state index contributed by atoms with van der Waals surface area (Å²) in [5.74, 6) is 2.69. The third-order valence-corrected chi connectivity index (χ3v) is 6.74. The zero-order valence-electron chi connectivity index (χ0n) is 19.2. The molecule has 2 saturated heterocycles. The van der Waals surface area contributed by atoms with Crippen LogP contribution in [0.2, 0.25) is 0 Å². The molecule has 1 aliphatic carbocycles. The van der Waals surface area contributed by atoms with Crippen molar-refractivity contribution in [3.05, 3.63) is 47.7 Å². The standard InChI is InChI=1S/C24H30N8O/c1-16-9-23(27-17(2)26-16)32-15-25-24(29-32)28-20-10-19(18-3-4-18)11-21(12-20)30-5-7-31(8-6-30)22-13-33-14-22/h9-12,15,18,22H,3-8,13-14H2,1-2H3,(H,28,29). The van der Waals surface area contributed by atoms with E-state index in [1.165, 1.54) is 24.1 Å². The van der Waals surface area contributed by atoms with Gasteiger partial charge in [-0.15, -0.1) is 5.10 Å². The summed E-state index contributed by atoms with van der Waals surface area (Å²) in [7, 11) is 0. The van der Waals surface area contributed by atoms with Crippen molar-refractivity contribution in [2.45, 2.75) is 38.6 Å². The highest BCUT2D eigenvalue weighted by Gasteiger charge is 2.30. The SMILES string of the molecule is Cc1cc(-n2cnc(Nc3cc(C4CC4)cc(N4CCN(C5COC5)CC4)c3)n2)nc(C)n1. The first-order valence-corrected chi connectivity index (χ1v) is 11.8. The van der Waals surface area contributed by atoms with E-state index >= 15 is 0 Å². The number of hydrogen-bond donors (Lipinski definition) is 1. The van der Waals surface area contributed by atoms with Gasteiger partial charge in [0, 0.05) is 49.3 Å². The average Bonchev–Trinajstić information content (AvgIpc) is 3.51. The van der Waals surface area contributed by atoms with Crippen molar-refractivity contribution in [1.82, 2.24) is 29.6 Å². The van der Waals surface area contributed by atoms with Gasteiger partial charge in [0.1, 0.15) is 12.2 Å². The lowest BCUT2D eigenvalue weighted by atomic mass is 10.1. The largest absolute Gasteiger partial charge is 0.378 e. The van der Waals surface area contributed by atoms with Gasteiger partial charge in [0.15, 0.2) is 5.82 Å². The Kier molecular flexibility index (Phi) is 5.22.